The number of ether oxygens (including phenoxy) is 1. The molecule has 4 nitrogen and oxygen atoms in total. The maximum absolute atomic E-state index is 5.06. The number of rotatable bonds is 4. The predicted octanol–water partition coefficient (Wildman–Crippen LogP) is -0.0398. The van der Waals surface area contributed by atoms with E-state index in [4.69, 9.17) is 4.74 Å². The van der Waals surface area contributed by atoms with Crippen LogP contribution in [0.3, 0.4) is 0 Å². The first-order valence-electron chi connectivity index (χ1n) is 4.40. The molecule has 12 heavy (non-hydrogen) atoms. The van der Waals surface area contributed by atoms with Gasteiger partial charge in [-0.25, -0.2) is 0 Å². The van der Waals surface area contributed by atoms with Gasteiger partial charge in [0.25, 0.3) is 0 Å². The van der Waals surface area contributed by atoms with Crippen LogP contribution in [0.4, 0.5) is 0 Å². The van der Waals surface area contributed by atoms with E-state index < -0.39 is 0 Å². The SMILES string of the molecule is CCC(COC)NC1=NCCN1. The minimum absolute atomic E-state index is 0.374. The van der Waals surface area contributed by atoms with Crippen molar-refractivity contribution >= 4 is 5.96 Å². The van der Waals surface area contributed by atoms with Gasteiger partial charge in [-0.3, -0.25) is 4.99 Å². The van der Waals surface area contributed by atoms with Crippen LogP contribution in [0, 0.1) is 0 Å². The summed E-state index contributed by atoms with van der Waals surface area (Å²) < 4.78 is 5.06. The molecular formula is C8H17N3O. The third-order valence-corrected chi connectivity index (χ3v) is 1.88. The first kappa shape index (κ1) is 9.32. The molecule has 0 saturated heterocycles. The largest absolute Gasteiger partial charge is 0.383 e. The molecule has 0 amide bonds. The summed E-state index contributed by atoms with van der Waals surface area (Å²) in [4.78, 5) is 4.24. The van der Waals surface area contributed by atoms with Crippen molar-refractivity contribution in [3.05, 3.63) is 0 Å². The summed E-state index contributed by atoms with van der Waals surface area (Å²) in [5, 5.41) is 6.44. The van der Waals surface area contributed by atoms with Crippen LogP contribution in [0.2, 0.25) is 0 Å². The number of aliphatic imine (C=N–C) groups is 1. The Morgan fingerprint density at radius 2 is 2.58 bits per heavy atom. The fraction of sp³-hybridized carbons (Fsp3) is 0.875. The Hall–Kier alpha value is -0.770. The van der Waals surface area contributed by atoms with Crippen molar-refractivity contribution in [3.8, 4) is 0 Å². The van der Waals surface area contributed by atoms with Gasteiger partial charge in [-0.15, -0.1) is 0 Å². The zero-order chi connectivity index (χ0) is 8.81. The Bertz CT molecular complexity index is 158. The number of hydrogen-bond donors (Lipinski definition) is 2. The van der Waals surface area contributed by atoms with E-state index in [1.165, 1.54) is 0 Å². The maximum Gasteiger partial charge on any atom is 0.191 e. The standard InChI is InChI=1S/C8H17N3O/c1-3-7(6-12-2)11-8-9-4-5-10-8/h7H,3-6H2,1-2H3,(H2,9,10,11). The molecule has 1 heterocycles. The molecule has 0 spiro atoms. The summed E-state index contributed by atoms with van der Waals surface area (Å²) in [7, 11) is 1.72. The van der Waals surface area contributed by atoms with Gasteiger partial charge in [0.2, 0.25) is 0 Å². The molecule has 0 aromatic rings. The monoisotopic (exact) mass is 171 g/mol. The second-order valence-electron chi connectivity index (χ2n) is 2.86. The highest BCUT2D eigenvalue weighted by atomic mass is 16.5. The van der Waals surface area contributed by atoms with Crippen LogP contribution >= 0.6 is 0 Å². The van der Waals surface area contributed by atoms with Crippen molar-refractivity contribution in [2.45, 2.75) is 19.4 Å². The fourth-order valence-corrected chi connectivity index (χ4v) is 1.15. The lowest BCUT2D eigenvalue weighted by Crippen LogP contribution is -2.42. The Balaban J connectivity index is 2.25. The third kappa shape index (κ3) is 2.70. The van der Waals surface area contributed by atoms with Crippen molar-refractivity contribution in [1.82, 2.24) is 10.6 Å². The van der Waals surface area contributed by atoms with E-state index in [0.717, 1.165) is 32.1 Å². The number of nitrogens with zero attached hydrogens (tertiary/aromatic N) is 1. The smallest absolute Gasteiger partial charge is 0.191 e. The van der Waals surface area contributed by atoms with Gasteiger partial charge in [0.15, 0.2) is 5.96 Å². The summed E-state index contributed by atoms with van der Waals surface area (Å²) >= 11 is 0. The molecular weight excluding hydrogens is 154 g/mol. The van der Waals surface area contributed by atoms with Crippen molar-refractivity contribution in [3.63, 3.8) is 0 Å². The molecule has 0 saturated carbocycles. The molecule has 0 aliphatic carbocycles. The molecule has 1 rings (SSSR count). The molecule has 0 aromatic heterocycles. The second-order valence-corrected chi connectivity index (χ2v) is 2.86. The topological polar surface area (TPSA) is 45.6 Å². The molecule has 0 bridgehead atoms. The average Bonchev–Trinajstić information content (AvgIpc) is 2.56. The fourth-order valence-electron chi connectivity index (χ4n) is 1.15. The Morgan fingerprint density at radius 3 is 3.08 bits per heavy atom. The van der Waals surface area contributed by atoms with Gasteiger partial charge in [-0.2, -0.15) is 0 Å². The number of methoxy groups -OCH3 is 1. The van der Waals surface area contributed by atoms with Crippen LogP contribution in [0.1, 0.15) is 13.3 Å². The molecule has 70 valence electrons. The number of hydrogen-bond acceptors (Lipinski definition) is 4. The van der Waals surface area contributed by atoms with Gasteiger partial charge < -0.3 is 15.4 Å². The van der Waals surface area contributed by atoms with Crippen LogP contribution < -0.4 is 10.6 Å². The highest BCUT2D eigenvalue weighted by Crippen LogP contribution is 1.92. The van der Waals surface area contributed by atoms with Crippen molar-refractivity contribution in [2.75, 3.05) is 26.8 Å². The number of nitrogens with one attached hydrogen (secondary N) is 2. The van der Waals surface area contributed by atoms with Gasteiger partial charge in [0.05, 0.1) is 19.2 Å². The average molecular weight is 171 g/mol. The summed E-state index contributed by atoms with van der Waals surface area (Å²) in [6.45, 7) is 4.70. The first-order chi connectivity index (χ1) is 5.86. The molecule has 1 unspecified atom stereocenters. The minimum Gasteiger partial charge on any atom is -0.383 e. The summed E-state index contributed by atoms with van der Waals surface area (Å²) in [6.07, 6.45) is 1.05. The number of guanidine groups is 1. The normalized spacial score (nSPS) is 18.3. The van der Waals surface area contributed by atoms with Gasteiger partial charge in [0, 0.05) is 13.7 Å². The van der Waals surface area contributed by atoms with Crippen LogP contribution in [0.5, 0.6) is 0 Å². The summed E-state index contributed by atoms with van der Waals surface area (Å²) in [6, 6.07) is 0.374. The van der Waals surface area contributed by atoms with E-state index in [-0.39, 0.29) is 0 Å². The minimum atomic E-state index is 0.374. The van der Waals surface area contributed by atoms with E-state index in [0.29, 0.717) is 6.04 Å². The van der Waals surface area contributed by atoms with Gasteiger partial charge in [-0.05, 0) is 6.42 Å². The van der Waals surface area contributed by atoms with Gasteiger partial charge in [0.1, 0.15) is 0 Å². The maximum atomic E-state index is 5.06. The summed E-state index contributed by atoms with van der Waals surface area (Å²) in [5.74, 6) is 0.916. The lowest BCUT2D eigenvalue weighted by atomic mass is 10.2. The quantitative estimate of drug-likeness (QED) is 0.624. The lowest BCUT2D eigenvalue weighted by molar-refractivity contribution is 0.172. The van der Waals surface area contributed by atoms with Gasteiger partial charge >= 0.3 is 0 Å². The lowest BCUT2D eigenvalue weighted by Gasteiger charge is -2.16. The molecule has 1 aliphatic rings. The van der Waals surface area contributed by atoms with Crippen molar-refractivity contribution in [2.24, 2.45) is 4.99 Å². The Labute approximate surface area is 73.4 Å². The van der Waals surface area contributed by atoms with Crippen LogP contribution in [0.15, 0.2) is 4.99 Å². The zero-order valence-corrected chi connectivity index (χ0v) is 7.76. The van der Waals surface area contributed by atoms with E-state index in [9.17, 15) is 0 Å². The predicted molar refractivity (Wildman–Crippen MR) is 49.4 cm³/mol. The van der Waals surface area contributed by atoms with E-state index in [1.54, 1.807) is 7.11 Å². The van der Waals surface area contributed by atoms with Crippen LogP contribution in [0.25, 0.3) is 0 Å². The molecule has 0 aromatic carbocycles. The van der Waals surface area contributed by atoms with E-state index >= 15 is 0 Å². The van der Waals surface area contributed by atoms with Crippen molar-refractivity contribution in [1.29, 1.82) is 0 Å². The van der Waals surface area contributed by atoms with Crippen molar-refractivity contribution < 1.29 is 4.74 Å². The molecule has 2 N–H and O–H groups in total. The van der Waals surface area contributed by atoms with Crippen LogP contribution in [-0.4, -0.2) is 38.8 Å². The van der Waals surface area contributed by atoms with Crippen LogP contribution in [-0.2, 0) is 4.74 Å². The molecule has 4 heteroatoms. The molecule has 0 fully saturated rings. The molecule has 0 radical (unpaired) electrons. The molecule has 1 aliphatic heterocycles. The second kappa shape index (κ2) is 4.98. The van der Waals surface area contributed by atoms with Gasteiger partial charge in [-0.1, -0.05) is 6.92 Å². The first-order valence-corrected chi connectivity index (χ1v) is 4.40. The Morgan fingerprint density at radius 1 is 1.75 bits per heavy atom. The van der Waals surface area contributed by atoms with E-state index in [1.807, 2.05) is 0 Å². The summed E-state index contributed by atoms with van der Waals surface area (Å²) in [5.41, 5.74) is 0. The Kier molecular flexibility index (Phi) is 3.87. The highest BCUT2D eigenvalue weighted by molar-refractivity contribution is 5.81. The third-order valence-electron chi connectivity index (χ3n) is 1.88. The molecule has 1 atom stereocenters. The van der Waals surface area contributed by atoms with E-state index in [2.05, 4.69) is 22.5 Å². The zero-order valence-electron chi connectivity index (χ0n) is 7.76. The highest BCUT2D eigenvalue weighted by Gasteiger charge is 2.10.